The molecule has 0 aliphatic rings. The zero-order valence-corrected chi connectivity index (χ0v) is 9.47. The zero-order valence-electron chi connectivity index (χ0n) is 7.07. The van der Waals surface area contributed by atoms with E-state index in [2.05, 4.69) is 20.9 Å². The van der Waals surface area contributed by atoms with Crippen LogP contribution in [0.1, 0.15) is 0 Å². The molecule has 0 aliphatic carbocycles. The number of rotatable bonds is 1. The van der Waals surface area contributed by atoms with Gasteiger partial charge in [-0.2, -0.15) is 4.98 Å². The highest BCUT2D eigenvalue weighted by atomic mass is 79.9. The Kier molecular flexibility index (Phi) is 2.43. The fourth-order valence-electron chi connectivity index (χ4n) is 1.12. The molecule has 2 aromatic rings. The summed E-state index contributed by atoms with van der Waals surface area (Å²) in [6, 6.07) is 7.61. The molecule has 72 valence electrons. The lowest BCUT2D eigenvalue weighted by Crippen LogP contribution is -1.78. The number of hydrogen-bond donors (Lipinski definition) is 2. The normalized spacial score (nSPS) is 10.4. The van der Waals surface area contributed by atoms with Gasteiger partial charge in [-0.15, -0.1) is 0 Å². The van der Waals surface area contributed by atoms with Crippen molar-refractivity contribution in [2.45, 2.75) is 0 Å². The van der Waals surface area contributed by atoms with Gasteiger partial charge in [0.1, 0.15) is 0 Å². The number of nitrogen functional groups attached to an aromatic ring is 1. The van der Waals surface area contributed by atoms with E-state index < -0.39 is 0 Å². The number of thiazole rings is 1. The molecule has 3 nitrogen and oxygen atoms in total. The summed E-state index contributed by atoms with van der Waals surface area (Å²) < 4.78 is 0.998. The first-order valence-electron chi connectivity index (χ1n) is 3.88. The van der Waals surface area contributed by atoms with Crippen LogP contribution in [0.15, 0.2) is 28.7 Å². The number of halogens is 1. The Morgan fingerprint density at radius 1 is 1.29 bits per heavy atom. The van der Waals surface area contributed by atoms with Crippen molar-refractivity contribution in [3.8, 4) is 16.3 Å². The van der Waals surface area contributed by atoms with Gasteiger partial charge in [0.25, 0.3) is 0 Å². The van der Waals surface area contributed by atoms with Gasteiger partial charge in [0.05, 0.1) is 4.88 Å². The lowest BCUT2D eigenvalue weighted by molar-refractivity contribution is 0.460. The maximum atomic E-state index is 9.46. The third-order valence-corrected chi connectivity index (χ3v) is 3.18. The Balaban J connectivity index is 2.49. The van der Waals surface area contributed by atoms with Crippen molar-refractivity contribution in [1.29, 1.82) is 0 Å². The summed E-state index contributed by atoms with van der Waals surface area (Å²) in [5.41, 5.74) is 6.40. The second-order valence-corrected chi connectivity index (χ2v) is 4.66. The SMILES string of the molecule is Nc1nc(O)c(-c2ccc(Br)cc2)s1. The van der Waals surface area contributed by atoms with Crippen LogP contribution < -0.4 is 5.73 Å². The van der Waals surface area contributed by atoms with E-state index in [9.17, 15) is 5.11 Å². The fraction of sp³-hybridized carbons (Fsp3) is 0. The van der Waals surface area contributed by atoms with Gasteiger partial charge < -0.3 is 10.8 Å². The Bertz CT molecular complexity index is 452. The van der Waals surface area contributed by atoms with E-state index in [0.29, 0.717) is 10.0 Å². The predicted octanol–water partition coefficient (Wildman–Crippen LogP) is 2.86. The van der Waals surface area contributed by atoms with Crippen molar-refractivity contribution in [2.24, 2.45) is 0 Å². The van der Waals surface area contributed by atoms with Crippen LogP contribution in [-0.4, -0.2) is 10.1 Å². The lowest BCUT2D eigenvalue weighted by atomic mass is 10.2. The highest BCUT2D eigenvalue weighted by Gasteiger charge is 2.09. The molecule has 5 heteroatoms. The molecular weight excluding hydrogens is 264 g/mol. The molecule has 0 fully saturated rings. The number of aromatic nitrogens is 1. The van der Waals surface area contributed by atoms with Crippen LogP contribution in [0.3, 0.4) is 0 Å². The first-order chi connectivity index (χ1) is 6.66. The van der Waals surface area contributed by atoms with Gasteiger partial charge >= 0.3 is 0 Å². The second-order valence-electron chi connectivity index (χ2n) is 2.71. The van der Waals surface area contributed by atoms with Crippen LogP contribution in [-0.2, 0) is 0 Å². The van der Waals surface area contributed by atoms with E-state index in [1.165, 1.54) is 11.3 Å². The van der Waals surface area contributed by atoms with Gasteiger partial charge in [0.2, 0.25) is 5.88 Å². The maximum absolute atomic E-state index is 9.46. The van der Waals surface area contributed by atoms with Crippen molar-refractivity contribution in [3.63, 3.8) is 0 Å². The summed E-state index contributed by atoms with van der Waals surface area (Å²) in [4.78, 5) is 4.45. The summed E-state index contributed by atoms with van der Waals surface area (Å²) in [6.07, 6.45) is 0. The Hall–Kier alpha value is -1.07. The minimum absolute atomic E-state index is 0.00479. The molecule has 0 amide bonds. The number of anilines is 1. The van der Waals surface area contributed by atoms with Crippen LogP contribution in [0.5, 0.6) is 5.88 Å². The van der Waals surface area contributed by atoms with Crippen LogP contribution in [0.25, 0.3) is 10.4 Å². The van der Waals surface area contributed by atoms with E-state index in [-0.39, 0.29) is 5.88 Å². The molecule has 3 N–H and O–H groups in total. The summed E-state index contributed by atoms with van der Waals surface area (Å²) in [5.74, 6) is -0.00479. The highest BCUT2D eigenvalue weighted by Crippen LogP contribution is 2.36. The standard InChI is InChI=1S/C9H7BrN2OS/c10-6-3-1-5(2-4-6)7-8(13)12-9(11)14-7/h1-4,13H,(H2,11,12). The van der Waals surface area contributed by atoms with Gasteiger partial charge in [0, 0.05) is 4.47 Å². The molecule has 0 saturated carbocycles. The monoisotopic (exact) mass is 270 g/mol. The van der Waals surface area contributed by atoms with Gasteiger partial charge in [-0.05, 0) is 17.7 Å². The van der Waals surface area contributed by atoms with Crippen LogP contribution in [0.2, 0.25) is 0 Å². The molecule has 14 heavy (non-hydrogen) atoms. The van der Waals surface area contributed by atoms with Gasteiger partial charge in [-0.1, -0.05) is 39.4 Å². The molecule has 1 aromatic heterocycles. The number of benzene rings is 1. The Labute approximate surface area is 93.4 Å². The molecule has 0 unspecified atom stereocenters. The minimum atomic E-state index is -0.00479. The quantitative estimate of drug-likeness (QED) is 0.838. The Morgan fingerprint density at radius 2 is 1.93 bits per heavy atom. The van der Waals surface area contributed by atoms with E-state index in [1.54, 1.807) is 0 Å². The van der Waals surface area contributed by atoms with Gasteiger partial charge in [-0.3, -0.25) is 0 Å². The molecule has 0 saturated heterocycles. The number of hydrogen-bond acceptors (Lipinski definition) is 4. The molecule has 1 aromatic carbocycles. The maximum Gasteiger partial charge on any atom is 0.232 e. The lowest BCUT2D eigenvalue weighted by Gasteiger charge is -1.96. The molecule has 0 atom stereocenters. The van der Waals surface area contributed by atoms with Crippen molar-refractivity contribution in [1.82, 2.24) is 4.98 Å². The minimum Gasteiger partial charge on any atom is -0.492 e. The zero-order chi connectivity index (χ0) is 10.1. The Morgan fingerprint density at radius 3 is 2.43 bits per heavy atom. The first kappa shape index (κ1) is 9.48. The largest absolute Gasteiger partial charge is 0.492 e. The number of nitrogens with two attached hydrogens (primary N) is 1. The molecule has 0 aliphatic heterocycles. The number of aromatic hydroxyl groups is 1. The van der Waals surface area contributed by atoms with Crippen molar-refractivity contribution in [3.05, 3.63) is 28.7 Å². The molecule has 0 bridgehead atoms. The number of nitrogens with zero attached hydrogens (tertiary/aromatic N) is 1. The second kappa shape index (κ2) is 3.59. The van der Waals surface area contributed by atoms with E-state index >= 15 is 0 Å². The first-order valence-corrected chi connectivity index (χ1v) is 5.49. The summed E-state index contributed by atoms with van der Waals surface area (Å²) >= 11 is 4.62. The van der Waals surface area contributed by atoms with Crippen molar-refractivity contribution in [2.75, 3.05) is 5.73 Å². The van der Waals surface area contributed by atoms with Crippen molar-refractivity contribution < 1.29 is 5.11 Å². The topological polar surface area (TPSA) is 59.1 Å². The van der Waals surface area contributed by atoms with Gasteiger partial charge in [0.15, 0.2) is 5.13 Å². The molecular formula is C9H7BrN2OS. The highest BCUT2D eigenvalue weighted by molar-refractivity contribution is 9.10. The van der Waals surface area contributed by atoms with Gasteiger partial charge in [-0.25, -0.2) is 0 Å². The molecule has 1 heterocycles. The van der Waals surface area contributed by atoms with Crippen LogP contribution >= 0.6 is 27.3 Å². The summed E-state index contributed by atoms with van der Waals surface area (Å²) in [6.45, 7) is 0. The molecule has 2 rings (SSSR count). The van der Waals surface area contributed by atoms with E-state index in [4.69, 9.17) is 5.73 Å². The van der Waals surface area contributed by atoms with E-state index in [0.717, 1.165) is 10.0 Å². The molecule has 0 spiro atoms. The average Bonchev–Trinajstić information content (AvgIpc) is 2.47. The van der Waals surface area contributed by atoms with Crippen molar-refractivity contribution >= 4 is 32.4 Å². The van der Waals surface area contributed by atoms with Crippen LogP contribution in [0.4, 0.5) is 5.13 Å². The van der Waals surface area contributed by atoms with E-state index in [1.807, 2.05) is 24.3 Å². The third-order valence-electron chi connectivity index (χ3n) is 1.73. The summed E-state index contributed by atoms with van der Waals surface area (Å²) in [7, 11) is 0. The smallest absolute Gasteiger partial charge is 0.232 e. The summed E-state index contributed by atoms with van der Waals surface area (Å²) in [5, 5.41) is 9.84. The fourth-order valence-corrected chi connectivity index (χ4v) is 2.11. The van der Waals surface area contributed by atoms with Crippen LogP contribution in [0, 0.1) is 0 Å². The predicted molar refractivity (Wildman–Crippen MR) is 61.3 cm³/mol. The average molecular weight is 271 g/mol. The molecule has 0 radical (unpaired) electrons. The third kappa shape index (κ3) is 1.73.